The van der Waals surface area contributed by atoms with Gasteiger partial charge in [-0.2, -0.15) is 0 Å². The van der Waals surface area contributed by atoms with E-state index in [1.165, 1.54) is 42.5 Å². The third-order valence-corrected chi connectivity index (χ3v) is 7.45. The number of benzene rings is 3. The highest BCUT2D eigenvalue weighted by atomic mass is 19.3. The molecule has 1 aliphatic rings. The standard InChI is InChI=1S/C32H24F5N3O4/c1-17-5-6-19(22(33)9-17)14-44-30-4-2-3-25(39-30)21-13-23(34)20(10-24(21)35)12-29-38-26-8-7-18(31(41)42)11-27(26)40(29)28-15-43-16-32(28,36)37/h2-11,13,28H,12,14-16H2,1H3,(H,41,42). The number of aromatic carboxylic acids is 1. The van der Waals surface area contributed by atoms with Crippen molar-refractivity contribution in [3.8, 4) is 17.1 Å². The number of hydrogen-bond donors (Lipinski definition) is 1. The summed E-state index contributed by atoms with van der Waals surface area (Å²) in [5.74, 6) is -6.62. The summed E-state index contributed by atoms with van der Waals surface area (Å²) in [5, 5.41) is 9.43. The van der Waals surface area contributed by atoms with Crippen LogP contribution in [0, 0.1) is 24.4 Å². The minimum Gasteiger partial charge on any atom is -0.478 e. The largest absolute Gasteiger partial charge is 0.478 e. The van der Waals surface area contributed by atoms with Crippen molar-refractivity contribution in [3.63, 3.8) is 0 Å². The number of fused-ring (bicyclic) bond motifs is 1. The van der Waals surface area contributed by atoms with Crippen molar-refractivity contribution in [2.24, 2.45) is 0 Å². The molecule has 0 amide bonds. The van der Waals surface area contributed by atoms with Gasteiger partial charge in [0.05, 0.1) is 28.9 Å². The normalized spacial score (nSPS) is 16.0. The average molecular weight is 610 g/mol. The summed E-state index contributed by atoms with van der Waals surface area (Å²) < 4.78 is 86.5. The van der Waals surface area contributed by atoms with Crippen molar-refractivity contribution in [3.05, 3.63) is 112 Å². The van der Waals surface area contributed by atoms with Crippen LogP contribution in [0.5, 0.6) is 5.88 Å². The van der Waals surface area contributed by atoms with Crippen LogP contribution in [0.1, 0.15) is 38.9 Å². The minimum atomic E-state index is -3.31. The molecule has 1 atom stereocenters. The van der Waals surface area contributed by atoms with Crippen LogP contribution in [-0.4, -0.2) is 44.7 Å². The fourth-order valence-electron chi connectivity index (χ4n) is 5.19. The van der Waals surface area contributed by atoms with Gasteiger partial charge < -0.3 is 19.1 Å². The number of aryl methyl sites for hydroxylation is 1. The number of carboxylic acids is 1. The lowest BCUT2D eigenvalue weighted by molar-refractivity contribution is -0.0320. The third-order valence-electron chi connectivity index (χ3n) is 7.45. The number of aromatic nitrogens is 3. The molecule has 1 N–H and O–H groups in total. The van der Waals surface area contributed by atoms with Crippen molar-refractivity contribution in [1.29, 1.82) is 0 Å². The van der Waals surface area contributed by atoms with Crippen LogP contribution in [0.2, 0.25) is 0 Å². The van der Waals surface area contributed by atoms with Crippen LogP contribution >= 0.6 is 0 Å². The topological polar surface area (TPSA) is 86.5 Å². The molecule has 2 aromatic heterocycles. The first-order valence-electron chi connectivity index (χ1n) is 13.5. The van der Waals surface area contributed by atoms with E-state index in [2.05, 4.69) is 9.97 Å². The Hall–Kier alpha value is -4.84. The second-order valence-electron chi connectivity index (χ2n) is 10.5. The van der Waals surface area contributed by atoms with Gasteiger partial charge in [-0.1, -0.05) is 18.2 Å². The number of imidazole rings is 1. The summed E-state index contributed by atoms with van der Waals surface area (Å²) >= 11 is 0. The van der Waals surface area contributed by atoms with Crippen LogP contribution in [-0.2, 0) is 17.8 Å². The molecule has 6 rings (SSSR count). The molecule has 0 bridgehead atoms. The van der Waals surface area contributed by atoms with E-state index in [1.807, 2.05) is 0 Å². The van der Waals surface area contributed by atoms with Gasteiger partial charge in [0.2, 0.25) is 5.88 Å². The second-order valence-corrected chi connectivity index (χ2v) is 10.5. The molecule has 1 fully saturated rings. The molecule has 0 saturated carbocycles. The van der Waals surface area contributed by atoms with E-state index in [0.29, 0.717) is 5.56 Å². The van der Waals surface area contributed by atoms with Crippen LogP contribution in [0.15, 0.2) is 66.7 Å². The molecule has 0 radical (unpaired) electrons. The van der Waals surface area contributed by atoms with E-state index in [1.54, 1.807) is 19.1 Å². The maximum absolute atomic E-state index is 15.5. The Labute approximate surface area is 247 Å². The molecule has 3 aromatic carbocycles. The highest BCUT2D eigenvalue weighted by Gasteiger charge is 2.47. The number of rotatable bonds is 8. The molecule has 0 aliphatic carbocycles. The Morgan fingerprint density at radius 1 is 1.00 bits per heavy atom. The molecule has 0 spiro atoms. The molecule has 226 valence electrons. The monoisotopic (exact) mass is 609 g/mol. The number of carbonyl (C=O) groups is 1. The third kappa shape index (κ3) is 5.60. The van der Waals surface area contributed by atoms with Crippen LogP contribution in [0.25, 0.3) is 22.3 Å². The summed E-state index contributed by atoms with van der Waals surface area (Å²) in [5.41, 5.74) is 0.969. The second kappa shape index (κ2) is 11.3. The first-order chi connectivity index (χ1) is 21.0. The molecule has 44 heavy (non-hydrogen) atoms. The summed E-state index contributed by atoms with van der Waals surface area (Å²) in [6.07, 6.45) is -0.370. The zero-order chi connectivity index (χ0) is 31.2. The van der Waals surface area contributed by atoms with Crippen LogP contribution in [0.4, 0.5) is 22.0 Å². The van der Waals surface area contributed by atoms with Gasteiger partial charge in [0.15, 0.2) is 0 Å². The van der Waals surface area contributed by atoms with Crippen molar-refractivity contribution in [2.75, 3.05) is 13.2 Å². The predicted octanol–water partition coefficient (Wildman–Crippen LogP) is 6.90. The Balaban J connectivity index is 1.31. The van der Waals surface area contributed by atoms with Crippen molar-refractivity contribution in [2.45, 2.75) is 31.9 Å². The van der Waals surface area contributed by atoms with Crippen LogP contribution < -0.4 is 4.74 Å². The van der Waals surface area contributed by atoms with Gasteiger partial charge in [0.1, 0.15) is 42.5 Å². The Kier molecular flexibility index (Phi) is 7.54. The first kappa shape index (κ1) is 29.2. The Bertz CT molecular complexity index is 1910. The molecule has 3 heterocycles. The fourth-order valence-corrected chi connectivity index (χ4v) is 5.19. The molecule has 1 saturated heterocycles. The number of hydrogen-bond acceptors (Lipinski definition) is 5. The molecule has 1 unspecified atom stereocenters. The van der Waals surface area contributed by atoms with E-state index >= 15 is 8.78 Å². The number of nitrogens with zero attached hydrogens (tertiary/aromatic N) is 3. The average Bonchev–Trinajstić information content (AvgIpc) is 3.51. The fraction of sp³-hybridized carbons (Fsp3) is 0.219. The molecule has 5 aromatic rings. The van der Waals surface area contributed by atoms with E-state index < -0.39 is 42.0 Å². The lowest BCUT2D eigenvalue weighted by Crippen LogP contribution is -2.30. The number of pyridine rings is 1. The van der Waals surface area contributed by atoms with Crippen molar-refractivity contribution in [1.82, 2.24) is 14.5 Å². The smallest absolute Gasteiger partial charge is 0.335 e. The SMILES string of the molecule is Cc1ccc(COc2cccc(-c3cc(F)c(Cc4nc5ccc(C(=O)O)cc5n4C4COCC4(F)F)cc3F)n2)c(F)c1. The van der Waals surface area contributed by atoms with Gasteiger partial charge in [-0.15, -0.1) is 0 Å². The van der Waals surface area contributed by atoms with Gasteiger partial charge in [-0.05, 0) is 60.5 Å². The first-order valence-corrected chi connectivity index (χ1v) is 13.5. The quantitative estimate of drug-likeness (QED) is 0.193. The van der Waals surface area contributed by atoms with E-state index in [0.717, 1.165) is 22.3 Å². The Morgan fingerprint density at radius 2 is 1.80 bits per heavy atom. The van der Waals surface area contributed by atoms with Crippen molar-refractivity contribution < 1.29 is 41.3 Å². The Morgan fingerprint density at radius 3 is 2.52 bits per heavy atom. The van der Waals surface area contributed by atoms with E-state index in [-0.39, 0.29) is 64.8 Å². The van der Waals surface area contributed by atoms with Gasteiger partial charge in [0.25, 0.3) is 5.92 Å². The number of alkyl halides is 2. The zero-order valence-electron chi connectivity index (χ0n) is 23.2. The maximum atomic E-state index is 15.5. The summed E-state index contributed by atoms with van der Waals surface area (Å²) in [4.78, 5) is 20.2. The highest BCUT2D eigenvalue weighted by molar-refractivity contribution is 5.92. The molecular formula is C32H24F5N3O4. The number of halogens is 5. The summed E-state index contributed by atoms with van der Waals surface area (Å²) in [6, 6.07) is 13.4. The maximum Gasteiger partial charge on any atom is 0.335 e. The van der Waals surface area contributed by atoms with Gasteiger partial charge in [0, 0.05) is 23.6 Å². The molecular weight excluding hydrogens is 585 g/mol. The summed E-state index contributed by atoms with van der Waals surface area (Å²) in [6.45, 7) is 0.411. The van der Waals surface area contributed by atoms with E-state index in [9.17, 15) is 23.1 Å². The number of carboxylic acid groups (broad SMARTS) is 1. The van der Waals surface area contributed by atoms with Gasteiger partial charge in [-0.3, -0.25) is 0 Å². The number of ether oxygens (including phenoxy) is 2. The molecule has 1 aliphatic heterocycles. The van der Waals surface area contributed by atoms with E-state index in [4.69, 9.17) is 9.47 Å². The lowest BCUT2D eigenvalue weighted by atomic mass is 10.0. The zero-order valence-corrected chi connectivity index (χ0v) is 23.2. The lowest BCUT2D eigenvalue weighted by Gasteiger charge is -2.21. The van der Waals surface area contributed by atoms with Crippen LogP contribution in [0.3, 0.4) is 0 Å². The highest BCUT2D eigenvalue weighted by Crippen LogP contribution is 2.39. The van der Waals surface area contributed by atoms with Crippen molar-refractivity contribution >= 4 is 17.0 Å². The molecule has 7 nitrogen and oxygen atoms in total. The summed E-state index contributed by atoms with van der Waals surface area (Å²) in [7, 11) is 0. The van der Waals surface area contributed by atoms with Gasteiger partial charge >= 0.3 is 5.97 Å². The minimum absolute atomic E-state index is 0.0133. The predicted molar refractivity (Wildman–Crippen MR) is 149 cm³/mol. The molecule has 12 heteroatoms. The van der Waals surface area contributed by atoms with Gasteiger partial charge in [-0.25, -0.2) is 36.7 Å².